The Morgan fingerprint density at radius 3 is 2.43 bits per heavy atom. The van der Waals surface area contributed by atoms with Crippen molar-refractivity contribution in [1.29, 1.82) is 0 Å². The number of carbonyl (C=O) groups is 4. The quantitative estimate of drug-likeness (QED) is 0.151. The number of hydrogen-bond donors (Lipinski definition) is 3. The molecule has 3 aliphatic carbocycles. The minimum atomic E-state index is -3.91. The summed E-state index contributed by atoms with van der Waals surface area (Å²) in [5.74, 6) is -1.92. The molecule has 2 aromatic carbocycles. The molecule has 0 unspecified atom stereocenters. The number of amides is 4. The van der Waals surface area contributed by atoms with Crippen LogP contribution in [0.5, 0.6) is 5.75 Å². The molecular weight excluding hydrogens is 823 g/mol. The van der Waals surface area contributed by atoms with Gasteiger partial charge in [-0.15, -0.1) is 0 Å². The smallest absolute Gasteiger partial charge is 0.408 e. The largest absolute Gasteiger partial charge is 0.484 e. The van der Waals surface area contributed by atoms with Crippen LogP contribution >= 0.6 is 0 Å². The molecule has 4 fully saturated rings. The highest BCUT2D eigenvalue weighted by atomic mass is 32.2. The van der Waals surface area contributed by atoms with Gasteiger partial charge in [0.2, 0.25) is 21.8 Å². The van der Waals surface area contributed by atoms with Crippen LogP contribution in [0.3, 0.4) is 0 Å². The number of nitrogens with zero attached hydrogens (tertiary/aromatic N) is 2. The van der Waals surface area contributed by atoms with E-state index < -0.39 is 68.7 Å². The van der Waals surface area contributed by atoms with E-state index >= 15 is 0 Å². The number of ether oxygens (including phenoxy) is 2. The summed E-state index contributed by atoms with van der Waals surface area (Å²) in [6, 6.07) is 15.5. The van der Waals surface area contributed by atoms with Gasteiger partial charge >= 0.3 is 6.09 Å². The summed E-state index contributed by atoms with van der Waals surface area (Å²) in [7, 11) is -3.91. The van der Waals surface area contributed by atoms with Crippen molar-refractivity contribution in [3.8, 4) is 17.0 Å². The number of hydrogen-bond acceptors (Lipinski definition) is 10. The highest BCUT2D eigenvalue weighted by molar-refractivity contribution is 7.91. The molecule has 5 aliphatic rings. The fourth-order valence-corrected chi connectivity index (χ4v) is 10.8. The molecule has 3 saturated carbocycles. The third-order valence-electron chi connectivity index (χ3n) is 13.3. The molecule has 0 radical (unpaired) electrons. The van der Waals surface area contributed by atoms with Crippen molar-refractivity contribution in [2.24, 2.45) is 5.92 Å². The zero-order chi connectivity index (χ0) is 44.1. The van der Waals surface area contributed by atoms with Crippen molar-refractivity contribution in [2.45, 2.75) is 145 Å². The summed E-state index contributed by atoms with van der Waals surface area (Å²) < 4.78 is 47.2. The van der Waals surface area contributed by atoms with E-state index in [9.17, 15) is 27.6 Å². The Kier molecular flexibility index (Phi) is 11.5. The molecule has 4 aromatic rings. The first-order valence-electron chi connectivity index (χ1n) is 22.6. The third kappa shape index (κ3) is 9.03. The second kappa shape index (κ2) is 16.9. The number of aromatic nitrogens is 1. The standard InChI is InChI=1S/C48H57N5O9S/c1-47(2,3)30-21-19-29(20-22-30)37-26-40(42-41(49-37)35-16-11-12-18-39(35)62-42)60-33-25-38-43(54)51-48(45(56)52-63(58,59)34-23-24-34)27-31(48)13-7-5-4-6-8-17-36(44(55)53(38)28-33)50-46(57)61-32-14-9-10-15-32/h7,11-13,16,18-22,26,31-34,36,38H,4-6,8-10,14-15,17,23-25,27-28H2,1-3H3,(H,50,57)(H,51,54)(H,52,56)/t31-,33-,36+,38+,48-/m1/s1. The van der Waals surface area contributed by atoms with Gasteiger partial charge in [0.05, 0.1) is 17.5 Å². The summed E-state index contributed by atoms with van der Waals surface area (Å²) in [4.78, 5) is 63.3. The molecule has 0 spiro atoms. The molecule has 334 valence electrons. The molecule has 9 rings (SSSR count). The second-order valence-corrected chi connectivity index (χ2v) is 21.1. The fourth-order valence-electron chi connectivity index (χ4n) is 9.39. The second-order valence-electron chi connectivity index (χ2n) is 19.1. The molecule has 2 aromatic heterocycles. The van der Waals surface area contributed by atoms with Crippen LogP contribution in [-0.4, -0.2) is 83.7 Å². The van der Waals surface area contributed by atoms with E-state index in [0.29, 0.717) is 60.2 Å². The van der Waals surface area contributed by atoms with Gasteiger partial charge in [0.1, 0.15) is 40.9 Å². The van der Waals surface area contributed by atoms with Crippen LogP contribution in [0.15, 0.2) is 71.2 Å². The maximum Gasteiger partial charge on any atom is 0.408 e. The SMILES string of the molecule is CC(C)(C)c1ccc(-c2cc(O[C@@H]3C[C@H]4C(=O)N[C@]5(C(=O)NS(=O)(=O)C6CC6)C[C@H]5C=CCCCCC[C@H](NC(=O)OC5CCCC5)C(=O)N4C3)c3oc4ccccc4c3n2)cc1. The average molecular weight is 880 g/mol. The zero-order valence-electron chi connectivity index (χ0n) is 36.2. The number of para-hydroxylation sites is 1. The van der Waals surface area contributed by atoms with Gasteiger partial charge in [-0.3, -0.25) is 19.1 Å². The van der Waals surface area contributed by atoms with Gasteiger partial charge in [-0.25, -0.2) is 18.2 Å². The molecule has 15 heteroatoms. The molecular formula is C48H57N5O9S. The summed E-state index contributed by atoms with van der Waals surface area (Å²) in [6.07, 6.45) is 10.1. The Hall–Kier alpha value is -5.44. The maximum absolute atomic E-state index is 14.8. The van der Waals surface area contributed by atoms with E-state index in [-0.39, 0.29) is 30.9 Å². The first kappa shape index (κ1) is 42.8. The van der Waals surface area contributed by atoms with Crippen LogP contribution in [0, 0.1) is 5.92 Å². The van der Waals surface area contributed by atoms with Gasteiger partial charge in [0, 0.05) is 29.4 Å². The van der Waals surface area contributed by atoms with Crippen molar-refractivity contribution in [2.75, 3.05) is 6.54 Å². The Labute approximate surface area is 368 Å². The van der Waals surface area contributed by atoms with Crippen LogP contribution in [0.1, 0.15) is 110 Å². The van der Waals surface area contributed by atoms with Crippen LogP contribution < -0.4 is 20.1 Å². The molecule has 0 bridgehead atoms. The van der Waals surface area contributed by atoms with Gasteiger partial charge in [-0.1, -0.05) is 82.2 Å². The number of sulfonamides is 1. The molecule has 4 amide bonds. The van der Waals surface area contributed by atoms with Gasteiger partial charge in [0.25, 0.3) is 5.91 Å². The molecule has 1 saturated heterocycles. The molecule has 4 heterocycles. The minimum Gasteiger partial charge on any atom is -0.484 e. The molecule has 14 nitrogen and oxygen atoms in total. The van der Waals surface area contributed by atoms with Crippen molar-refractivity contribution in [3.05, 3.63) is 72.3 Å². The number of alkyl carbamates (subject to hydrolysis) is 1. The maximum atomic E-state index is 14.8. The van der Waals surface area contributed by atoms with Crippen LogP contribution in [0.4, 0.5) is 4.79 Å². The number of benzene rings is 2. The number of fused-ring (bicyclic) bond motifs is 5. The lowest BCUT2D eigenvalue weighted by atomic mass is 9.86. The predicted octanol–water partition coefficient (Wildman–Crippen LogP) is 7.33. The number of allylic oxidation sites excluding steroid dienone is 1. The highest BCUT2D eigenvalue weighted by Gasteiger charge is 2.62. The normalized spacial score (nSPS) is 26.0. The third-order valence-corrected chi connectivity index (χ3v) is 15.2. The van der Waals surface area contributed by atoms with Crippen molar-refractivity contribution < 1.29 is 41.5 Å². The Bertz CT molecular complexity index is 2560. The Morgan fingerprint density at radius 2 is 1.68 bits per heavy atom. The number of pyridine rings is 1. The fraction of sp³-hybridized carbons (Fsp3) is 0.521. The zero-order valence-corrected chi connectivity index (χ0v) is 37.0. The van der Waals surface area contributed by atoms with Gasteiger partial charge in [-0.05, 0) is 87.3 Å². The summed E-state index contributed by atoms with van der Waals surface area (Å²) in [6.45, 7) is 6.45. The van der Waals surface area contributed by atoms with Gasteiger partial charge < -0.3 is 29.4 Å². The van der Waals surface area contributed by atoms with Crippen molar-refractivity contribution in [3.63, 3.8) is 0 Å². The summed E-state index contributed by atoms with van der Waals surface area (Å²) >= 11 is 0. The van der Waals surface area contributed by atoms with E-state index in [1.54, 1.807) is 0 Å². The summed E-state index contributed by atoms with van der Waals surface area (Å²) in [5.41, 5.74) is 2.77. The van der Waals surface area contributed by atoms with E-state index in [4.69, 9.17) is 18.9 Å². The summed E-state index contributed by atoms with van der Waals surface area (Å²) in [5, 5.41) is 5.95. The van der Waals surface area contributed by atoms with E-state index in [2.05, 4.69) is 48.3 Å². The monoisotopic (exact) mass is 879 g/mol. The van der Waals surface area contributed by atoms with Crippen molar-refractivity contribution >= 4 is 55.9 Å². The number of carbonyl (C=O) groups excluding carboxylic acids is 4. The molecule has 5 atom stereocenters. The minimum absolute atomic E-state index is 0.0228. The van der Waals surface area contributed by atoms with Crippen LogP contribution in [-0.2, 0) is 34.6 Å². The van der Waals surface area contributed by atoms with Gasteiger partial charge in [0.15, 0.2) is 11.3 Å². The average Bonchev–Trinajstić information content (AvgIpc) is 4.06. The molecule has 2 aliphatic heterocycles. The first-order chi connectivity index (χ1) is 30.2. The van der Waals surface area contributed by atoms with Crippen LogP contribution in [0.2, 0.25) is 0 Å². The lowest BCUT2D eigenvalue weighted by molar-refractivity contribution is -0.141. The number of rotatable bonds is 8. The number of nitrogens with one attached hydrogen (secondary N) is 3. The molecule has 63 heavy (non-hydrogen) atoms. The van der Waals surface area contributed by atoms with Crippen molar-refractivity contribution in [1.82, 2.24) is 25.2 Å². The Morgan fingerprint density at radius 1 is 0.937 bits per heavy atom. The number of furan rings is 1. The topological polar surface area (TPSA) is 186 Å². The van der Waals surface area contributed by atoms with Gasteiger partial charge in [-0.2, -0.15) is 0 Å². The lowest BCUT2D eigenvalue weighted by Crippen LogP contribution is -2.58. The van der Waals surface area contributed by atoms with E-state index in [0.717, 1.165) is 49.5 Å². The van der Waals surface area contributed by atoms with E-state index in [1.807, 2.05) is 54.6 Å². The lowest BCUT2D eigenvalue weighted by Gasteiger charge is -2.30. The van der Waals surface area contributed by atoms with Crippen LogP contribution in [0.25, 0.3) is 33.3 Å². The molecule has 3 N–H and O–H groups in total. The highest BCUT2D eigenvalue weighted by Crippen LogP contribution is 2.46. The predicted molar refractivity (Wildman–Crippen MR) is 237 cm³/mol. The van der Waals surface area contributed by atoms with E-state index in [1.165, 1.54) is 10.5 Å². The first-order valence-corrected chi connectivity index (χ1v) is 24.2. The Balaban J connectivity index is 1.05.